The van der Waals surface area contributed by atoms with E-state index in [1.165, 1.54) is 12.1 Å². The highest BCUT2D eigenvalue weighted by atomic mass is 79.9. The fraction of sp³-hybridized carbons (Fsp3) is 0.125. The molecule has 0 bridgehead atoms. The molecule has 2 aromatic rings. The smallest absolute Gasteiger partial charge is 0.341 e. The minimum Gasteiger partial charge on any atom is -0.452 e. The summed E-state index contributed by atoms with van der Waals surface area (Å²) in [6.45, 7) is 1.46. The summed E-state index contributed by atoms with van der Waals surface area (Å²) in [5.74, 6) is -1.25. The molecule has 0 aliphatic heterocycles. The molecule has 0 spiro atoms. The van der Waals surface area contributed by atoms with E-state index in [0.29, 0.717) is 14.6 Å². The maximum Gasteiger partial charge on any atom is 0.341 e. The van der Waals surface area contributed by atoms with Crippen LogP contribution >= 0.6 is 55.1 Å². The maximum absolute atomic E-state index is 12.0. The Hall–Kier alpha value is -1.08. The average molecular weight is 496 g/mol. The number of anilines is 1. The Bertz CT molecular complexity index is 769. The Morgan fingerprint density at radius 3 is 2.21 bits per heavy atom. The molecule has 4 nitrogen and oxygen atoms in total. The number of esters is 1. The first-order valence-electron chi connectivity index (χ1n) is 6.66. The Morgan fingerprint density at radius 2 is 1.67 bits per heavy atom. The zero-order valence-corrected chi connectivity index (χ0v) is 17.0. The van der Waals surface area contributed by atoms with Gasteiger partial charge in [-0.15, -0.1) is 0 Å². The first-order valence-corrected chi connectivity index (χ1v) is 9.00. The second-order valence-corrected chi connectivity index (χ2v) is 7.35. The van der Waals surface area contributed by atoms with E-state index < -0.39 is 18.5 Å². The van der Waals surface area contributed by atoms with E-state index >= 15 is 0 Å². The molecule has 0 radical (unpaired) electrons. The number of halogens is 4. The number of aryl methyl sites for hydroxylation is 1. The summed E-state index contributed by atoms with van der Waals surface area (Å²) in [5.41, 5.74) is 1.61. The maximum atomic E-state index is 12.0. The first-order chi connectivity index (χ1) is 11.3. The van der Waals surface area contributed by atoms with Crippen molar-refractivity contribution in [2.45, 2.75) is 6.92 Å². The molecule has 1 N–H and O–H groups in total. The van der Waals surface area contributed by atoms with Gasteiger partial charge in [0, 0.05) is 8.95 Å². The van der Waals surface area contributed by atoms with Crippen LogP contribution in [0.2, 0.25) is 10.0 Å². The molecule has 126 valence electrons. The van der Waals surface area contributed by atoms with Gasteiger partial charge in [0.25, 0.3) is 5.91 Å². The molecule has 0 aliphatic carbocycles. The van der Waals surface area contributed by atoms with Crippen LogP contribution in [0, 0.1) is 6.92 Å². The number of hydrogen-bond acceptors (Lipinski definition) is 3. The highest BCUT2D eigenvalue weighted by Gasteiger charge is 2.18. The third kappa shape index (κ3) is 4.72. The van der Waals surface area contributed by atoms with Crippen LogP contribution in [0.3, 0.4) is 0 Å². The van der Waals surface area contributed by atoms with Crippen LogP contribution in [-0.4, -0.2) is 18.5 Å². The second-order valence-electron chi connectivity index (χ2n) is 4.82. The van der Waals surface area contributed by atoms with Gasteiger partial charge in [0.2, 0.25) is 0 Å². The SMILES string of the molecule is Cc1cc(Br)c(NC(=O)COC(=O)c2c(Cl)cccc2Cl)c(Br)c1. The minimum atomic E-state index is -0.761. The highest BCUT2D eigenvalue weighted by Crippen LogP contribution is 2.32. The fourth-order valence-electron chi connectivity index (χ4n) is 1.89. The number of carbonyl (C=O) groups is 2. The summed E-state index contributed by atoms with van der Waals surface area (Å²) in [5, 5.41) is 2.99. The van der Waals surface area contributed by atoms with Gasteiger partial charge >= 0.3 is 5.97 Å². The van der Waals surface area contributed by atoms with Crippen LogP contribution in [0.1, 0.15) is 15.9 Å². The van der Waals surface area contributed by atoms with Gasteiger partial charge in [-0.25, -0.2) is 4.79 Å². The molecular formula is C16H11Br2Cl2NO3. The number of nitrogens with one attached hydrogen (secondary N) is 1. The lowest BCUT2D eigenvalue weighted by Crippen LogP contribution is -2.21. The van der Waals surface area contributed by atoms with E-state index in [1.807, 2.05) is 19.1 Å². The van der Waals surface area contributed by atoms with Crippen LogP contribution in [0.25, 0.3) is 0 Å². The summed E-state index contributed by atoms with van der Waals surface area (Å²) >= 11 is 18.6. The normalized spacial score (nSPS) is 10.4. The van der Waals surface area contributed by atoms with E-state index in [-0.39, 0.29) is 15.6 Å². The molecule has 0 aromatic heterocycles. The van der Waals surface area contributed by atoms with Crippen molar-refractivity contribution in [2.24, 2.45) is 0 Å². The van der Waals surface area contributed by atoms with Gasteiger partial charge in [-0.1, -0.05) is 29.3 Å². The minimum absolute atomic E-state index is 0.0336. The van der Waals surface area contributed by atoms with Gasteiger partial charge in [0.1, 0.15) is 0 Å². The van der Waals surface area contributed by atoms with Gasteiger partial charge in [-0.05, 0) is 68.6 Å². The van der Waals surface area contributed by atoms with Crippen molar-refractivity contribution >= 4 is 72.6 Å². The summed E-state index contributed by atoms with van der Waals surface area (Å²) < 4.78 is 6.40. The lowest BCUT2D eigenvalue weighted by molar-refractivity contribution is -0.119. The van der Waals surface area contributed by atoms with Crippen LogP contribution in [0.15, 0.2) is 39.3 Å². The van der Waals surface area contributed by atoms with Gasteiger partial charge < -0.3 is 10.1 Å². The van der Waals surface area contributed by atoms with E-state index in [0.717, 1.165) is 5.56 Å². The molecule has 1 amide bonds. The molecule has 24 heavy (non-hydrogen) atoms. The van der Waals surface area contributed by atoms with Crippen LogP contribution in [-0.2, 0) is 9.53 Å². The molecule has 0 heterocycles. The number of carbonyl (C=O) groups excluding carboxylic acids is 2. The number of amides is 1. The van der Waals surface area contributed by atoms with Crippen molar-refractivity contribution in [2.75, 3.05) is 11.9 Å². The van der Waals surface area contributed by atoms with Crippen molar-refractivity contribution in [3.63, 3.8) is 0 Å². The van der Waals surface area contributed by atoms with E-state index in [2.05, 4.69) is 37.2 Å². The molecule has 0 aliphatic rings. The zero-order chi connectivity index (χ0) is 17.9. The summed E-state index contributed by atoms with van der Waals surface area (Å²) in [4.78, 5) is 24.0. The predicted octanol–water partition coefficient (Wildman–Crippen LogP) is 5.62. The first kappa shape index (κ1) is 19.2. The van der Waals surface area contributed by atoms with Gasteiger partial charge in [0.05, 0.1) is 21.3 Å². The van der Waals surface area contributed by atoms with E-state index in [1.54, 1.807) is 6.07 Å². The number of hydrogen-bond donors (Lipinski definition) is 1. The molecule has 0 atom stereocenters. The summed E-state index contributed by atoms with van der Waals surface area (Å²) in [6.07, 6.45) is 0. The van der Waals surface area contributed by atoms with Crippen molar-refractivity contribution < 1.29 is 14.3 Å². The third-order valence-corrected chi connectivity index (χ3v) is 4.83. The zero-order valence-electron chi connectivity index (χ0n) is 12.3. The molecule has 2 rings (SSSR count). The van der Waals surface area contributed by atoms with Crippen LogP contribution in [0.5, 0.6) is 0 Å². The Labute approximate surface area is 165 Å². The largest absolute Gasteiger partial charge is 0.452 e. The van der Waals surface area contributed by atoms with E-state index in [9.17, 15) is 9.59 Å². The third-order valence-electron chi connectivity index (χ3n) is 2.95. The molecule has 8 heteroatoms. The van der Waals surface area contributed by atoms with Crippen molar-refractivity contribution in [3.8, 4) is 0 Å². The molecule has 0 unspecified atom stereocenters. The lowest BCUT2D eigenvalue weighted by atomic mass is 10.2. The molecule has 0 saturated heterocycles. The second kappa shape index (κ2) is 8.34. The highest BCUT2D eigenvalue weighted by molar-refractivity contribution is 9.11. The fourth-order valence-corrected chi connectivity index (χ4v) is 4.06. The van der Waals surface area contributed by atoms with Crippen molar-refractivity contribution in [1.82, 2.24) is 0 Å². The molecular weight excluding hydrogens is 485 g/mol. The molecule has 2 aromatic carbocycles. The van der Waals surface area contributed by atoms with Crippen molar-refractivity contribution in [3.05, 3.63) is 60.4 Å². The number of rotatable bonds is 4. The van der Waals surface area contributed by atoms with Gasteiger partial charge in [-0.2, -0.15) is 0 Å². The van der Waals surface area contributed by atoms with Crippen LogP contribution in [0.4, 0.5) is 5.69 Å². The average Bonchev–Trinajstić information content (AvgIpc) is 2.48. The number of ether oxygens (including phenoxy) is 1. The summed E-state index contributed by atoms with van der Waals surface area (Å²) in [6, 6.07) is 8.36. The Balaban J connectivity index is 2.03. The van der Waals surface area contributed by atoms with Gasteiger partial charge in [-0.3, -0.25) is 4.79 Å². The topological polar surface area (TPSA) is 55.4 Å². The van der Waals surface area contributed by atoms with Gasteiger partial charge in [0.15, 0.2) is 6.61 Å². The standard InChI is InChI=1S/C16H11Br2Cl2NO3/c1-8-5-9(17)15(10(18)6-8)21-13(22)7-24-16(23)14-11(19)3-2-4-12(14)20/h2-6H,7H2,1H3,(H,21,22). The quantitative estimate of drug-likeness (QED) is 0.560. The Morgan fingerprint density at radius 1 is 1.12 bits per heavy atom. The lowest BCUT2D eigenvalue weighted by Gasteiger charge is -2.11. The monoisotopic (exact) mass is 493 g/mol. The predicted molar refractivity (Wildman–Crippen MR) is 102 cm³/mol. The number of benzene rings is 2. The molecule has 0 saturated carbocycles. The van der Waals surface area contributed by atoms with E-state index in [4.69, 9.17) is 27.9 Å². The molecule has 0 fully saturated rings. The summed E-state index contributed by atoms with van der Waals surface area (Å²) in [7, 11) is 0. The van der Waals surface area contributed by atoms with Crippen molar-refractivity contribution in [1.29, 1.82) is 0 Å². The Kier molecular flexibility index (Phi) is 6.69. The van der Waals surface area contributed by atoms with Crippen LogP contribution < -0.4 is 5.32 Å².